The van der Waals surface area contributed by atoms with E-state index in [1.807, 2.05) is 24.3 Å². The lowest BCUT2D eigenvalue weighted by molar-refractivity contribution is -0.122. The molecule has 27 heavy (non-hydrogen) atoms. The Morgan fingerprint density at radius 1 is 1.19 bits per heavy atom. The molecular formula is C18H18N6O2S. The van der Waals surface area contributed by atoms with Gasteiger partial charge in [-0.15, -0.1) is 16.4 Å². The van der Waals surface area contributed by atoms with E-state index in [1.54, 1.807) is 10.8 Å². The van der Waals surface area contributed by atoms with Crippen LogP contribution in [0.25, 0.3) is 27.9 Å². The highest BCUT2D eigenvalue weighted by Crippen LogP contribution is 2.31. The summed E-state index contributed by atoms with van der Waals surface area (Å²) in [7, 11) is 0. The van der Waals surface area contributed by atoms with Crippen LogP contribution in [0.4, 0.5) is 5.95 Å². The third-order valence-corrected chi connectivity index (χ3v) is 4.97. The molecule has 3 aromatic heterocycles. The number of carbonyl (C=O) groups is 1. The van der Waals surface area contributed by atoms with E-state index in [-0.39, 0.29) is 17.6 Å². The molecule has 1 fully saturated rings. The molecule has 8 nitrogen and oxygen atoms in total. The fraction of sp³-hybridized carbons (Fsp3) is 0.222. The highest BCUT2D eigenvalue weighted by atomic mass is 32.1. The lowest BCUT2D eigenvalue weighted by Gasteiger charge is -2.08. The molecule has 1 aliphatic heterocycles. The molecule has 9 heteroatoms. The Labute approximate surface area is 158 Å². The SMILES string of the molecule is Nc1nc2ccccc2c2nc(-c3cscc3O)nn12.O=C1CCCCN1. The smallest absolute Gasteiger partial charge is 0.223 e. The molecule has 0 saturated carbocycles. The molecule has 1 amide bonds. The van der Waals surface area contributed by atoms with Crippen LogP contribution in [0, 0.1) is 0 Å². The van der Waals surface area contributed by atoms with E-state index in [4.69, 9.17) is 5.73 Å². The van der Waals surface area contributed by atoms with Crippen molar-refractivity contribution in [1.82, 2.24) is 24.9 Å². The van der Waals surface area contributed by atoms with Crippen molar-refractivity contribution >= 4 is 39.7 Å². The number of hydrogen-bond donors (Lipinski definition) is 3. The van der Waals surface area contributed by atoms with Gasteiger partial charge in [-0.1, -0.05) is 12.1 Å². The van der Waals surface area contributed by atoms with Gasteiger partial charge in [-0.2, -0.15) is 4.52 Å². The summed E-state index contributed by atoms with van der Waals surface area (Å²) in [5.41, 5.74) is 7.92. The molecular weight excluding hydrogens is 364 g/mol. The number of nitrogens with zero attached hydrogens (tertiary/aromatic N) is 4. The van der Waals surface area contributed by atoms with Gasteiger partial charge in [0, 0.05) is 29.1 Å². The second-order valence-corrected chi connectivity index (χ2v) is 6.88. The summed E-state index contributed by atoms with van der Waals surface area (Å²) < 4.78 is 1.49. The van der Waals surface area contributed by atoms with Gasteiger partial charge < -0.3 is 16.2 Å². The van der Waals surface area contributed by atoms with Gasteiger partial charge in [0.25, 0.3) is 0 Å². The normalized spacial score (nSPS) is 14.0. The average Bonchev–Trinajstić information content (AvgIpc) is 3.30. The minimum Gasteiger partial charge on any atom is -0.506 e. The lowest BCUT2D eigenvalue weighted by Crippen LogP contribution is -2.28. The topological polar surface area (TPSA) is 118 Å². The van der Waals surface area contributed by atoms with Crippen LogP contribution in [0.2, 0.25) is 0 Å². The number of aromatic hydroxyl groups is 1. The summed E-state index contributed by atoms with van der Waals surface area (Å²) in [6.45, 7) is 0.888. The van der Waals surface area contributed by atoms with Gasteiger partial charge in [0.15, 0.2) is 11.5 Å². The highest BCUT2D eigenvalue weighted by Gasteiger charge is 2.15. The Bertz CT molecular complexity index is 1110. The third kappa shape index (κ3) is 3.41. The quantitative estimate of drug-likeness (QED) is 0.466. The summed E-state index contributed by atoms with van der Waals surface area (Å²) in [5, 5.41) is 21.2. The van der Waals surface area contributed by atoms with Crippen molar-refractivity contribution in [1.29, 1.82) is 0 Å². The van der Waals surface area contributed by atoms with Gasteiger partial charge in [0.05, 0.1) is 11.1 Å². The zero-order valence-corrected chi connectivity index (χ0v) is 15.2. The van der Waals surface area contributed by atoms with E-state index >= 15 is 0 Å². The van der Waals surface area contributed by atoms with Crippen LogP contribution in [0.1, 0.15) is 19.3 Å². The number of amides is 1. The summed E-state index contributed by atoms with van der Waals surface area (Å²) in [6, 6.07) is 7.61. The van der Waals surface area contributed by atoms with Crippen LogP contribution in [-0.4, -0.2) is 37.1 Å². The first kappa shape index (κ1) is 17.2. The van der Waals surface area contributed by atoms with Crippen molar-refractivity contribution in [2.45, 2.75) is 19.3 Å². The number of nitrogens with two attached hydrogens (primary N) is 1. The number of rotatable bonds is 1. The molecule has 1 aliphatic rings. The first-order valence-electron chi connectivity index (χ1n) is 8.56. The fourth-order valence-electron chi connectivity index (χ4n) is 2.88. The Hall–Kier alpha value is -3.20. The molecule has 5 rings (SSSR count). The van der Waals surface area contributed by atoms with E-state index in [0.29, 0.717) is 17.0 Å². The van der Waals surface area contributed by atoms with Crippen LogP contribution >= 0.6 is 11.3 Å². The highest BCUT2D eigenvalue weighted by molar-refractivity contribution is 7.08. The number of para-hydroxylation sites is 1. The Kier molecular flexibility index (Phi) is 4.59. The second-order valence-electron chi connectivity index (χ2n) is 6.14. The number of fused-ring (bicyclic) bond motifs is 3. The first-order chi connectivity index (χ1) is 13.1. The van der Waals surface area contributed by atoms with Gasteiger partial charge in [-0.25, -0.2) is 9.97 Å². The van der Waals surface area contributed by atoms with E-state index < -0.39 is 0 Å². The molecule has 1 saturated heterocycles. The number of nitrogens with one attached hydrogen (secondary N) is 1. The van der Waals surface area contributed by atoms with E-state index in [9.17, 15) is 9.90 Å². The molecule has 1 aromatic carbocycles. The van der Waals surface area contributed by atoms with Crippen LogP contribution in [0.5, 0.6) is 5.75 Å². The zero-order valence-electron chi connectivity index (χ0n) is 14.4. The molecule has 4 N–H and O–H groups in total. The molecule has 0 aliphatic carbocycles. The summed E-state index contributed by atoms with van der Waals surface area (Å²) in [6.07, 6.45) is 2.97. The predicted octanol–water partition coefficient (Wildman–Crippen LogP) is 2.58. The molecule has 0 spiro atoms. The van der Waals surface area contributed by atoms with Crippen molar-refractivity contribution in [2.24, 2.45) is 0 Å². The van der Waals surface area contributed by atoms with Crippen LogP contribution < -0.4 is 11.1 Å². The number of anilines is 1. The zero-order chi connectivity index (χ0) is 18.8. The number of benzene rings is 1. The van der Waals surface area contributed by atoms with E-state index in [1.165, 1.54) is 15.9 Å². The Morgan fingerprint density at radius 2 is 2.04 bits per heavy atom. The van der Waals surface area contributed by atoms with E-state index in [0.717, 1.165) is 36.7 Å². The van der Waals surface area contributed by atoms with Crippen LogP contribution in [0.15, 0.2) is 35.0 Å². The van der Waals surface area contributed by atoms with Crippen molar-refractivity contribution in [3.63, 3.8) is 0 Å². The maximum atomic E-state index is 10.4. The number of piperidine rings is 1. The Morgan fingerprint density at radius 3 is 2.70 bits per heavy atom. The maximum absolute atomic E-state index is 10.4. The molecule has 138 valence electrons. The predicted molar refractivity (Wildman–Crippen MR) is 105 cm³/mol. The number of nitrogen functional groups attached to an aromatic ring is 1. The first-order valence-corrected chi connectivity index (χ1v) is 9.51. The molecule has 4 heterocycles. The summed E-state index contributed by atoms with van der Waals surface area (Å²) in [5.74, 6) is 1.09. The van der Waals surface area contributed by atoms with Gasteiger partial charge in [-0.3, -0.25) is 4.79 Å². The summed E-state index contributed by atoms with van der Waals surface area (Å²) >= 11 is 1.39. The van der Waals surface area contributed by atoms with Gasteiger partial charge in [0.1, 0.15) is 5.75 Å². The molecule has 4 aromatic rings. The lowest BCUT2D eigenvalue weighted by atomic mass is 10.2. The van der Waals surface area contributed by atoms with Crippen molar-refractivity contribution < 1.29 is 9.90 Å². The molecule has 0 unspecified atom stereocenters. The van der Waals surface area contributed by atoms with Crippen LogP contribution in [-0.2, 0) is 4.79 Å². The third-order valence-electron chi connectivity index (χ3n) is 4.24. The largest absolute Gasteiger partial charge is 0.506 e. The number of thiophene rings is 1. The standard InChI is InChI=1S/C13H9N5OS.C5H9NO/c14-13-15-9-4-2-1-3-7(9)12-16-11(17-18(12)13)8-5-20-6-10(8)19;7-5-3-1-2-4-6-5/h1-6,19H,(H2,14,15);1-4H2,(H,6,7). The second kappa shape index (κ2) is 7.20. The minimum absolute atomic E-state index is 0.168. The van der Waals surface area contributed by atoms with Crippen molar-refractivity contribution in [3.8, 4) is 17.1 Å². The average molecular weight is 382 g/mol. The van der Waals surface area contributed by atoms with Gasteiger partial charge in [0.2, 0.25) is 11.9 Å². The number of aromatic nitrogens is 4. The Balaban J connectivity index is 0.000000218. The van der Waals surface area contributed by atoms with Crippen LogP contribution in [0.3, 0.4) is 0 Å². The maximum Gasteiger partial charge on any atom is 0.223 e. The molecule has 0 atom stereocenters. The number of hydrogen-bond acceptors (Lipinski definition) is 7. The molecule has 0 bridgehead atoms. The number of carbonyl (C=O) groups excluding carboxylic acids is 1. The monoisotopic (exact) mass is 382 g/mol. The van der Waals surface area contributed by atoms with Gasteiger partial charge in [-0.05, 0) is 25.0 Å². The van der Waals surface area contributed by atoms with Crippen molar-refractivity contribution in [2.75, 3.05) is 12.3 Å². The fourth-order valence-corrected chi connectivity index (χ4v) is 3.56. The summed E-state index contributed by atoms with van der Waals surface area (Å²) in [4.78, 5) is 19.1. The van der Waals surface area contributed by atoms with Crippen molar-refractivity contribution in [3.05, 3.63) is 35.0 Å². The molecule has 0 radical (unpaired) electrons. The van der Waals surface area contributed by atoms with E-state index in [2.05, 4.69) is 20.4 Å². The van der Waals surface area contributed by atoms with Gasteiger partial charge >= 0.3 is 0 Å². The minimum atomic E-state index is 0.168.